The van der Waals surface area contributed by atoms with E-state index in [0.717, 1.165) is 12.0 Å². The van der Waals surface area contributed by atoms with Gasteiger partial charge in [-0.1, -0.05) is 0 Å². The lowest BCUT2D eigenvalue weighted by molar-refractivity contribution is 0.469. The third-order valence-corrected chi connectivity index (χ3v) is 3.57. The van der Waals surface area contributed by atoms with Gasteiger partial charge >= 0.3 is 0 Å². The largest absolute Gasteiger partial charge is 0.507 e. The standard InChI is InChI=1S/C6H4I2OS/c7-3-1-4(8)6(10)2-5(3)9/h1-2,9-10H. The highest BCUT2D eigenvalue weighted by atomic mass is 127. The van der Waals surface area contributed by atoms with Crippen molar-refractivity contribution < 1.29 is 5.11 Å². The number of phenolic OH excluding ortho intramolecular Hbond substituents is 1. The van der Waals surface area contributed by atoms with Crippen molar-refractivity contribution in [2.75, 3.05) is 0 Å². The molecule has 0 atom stereocenters. The summed E-state index contributed by atoms with van der Waals surface area (Å²) < 4.78 is 1.92. The summed E-state index contributed by atoms with van der Waals surface area (Å²) in [6, 6.07) is 3.53. The molecule has 0 aliphatic carbocycles. The second kappa shape index (κ2) is 3.48. The average molecular weight is 378 g/mol. The van der Waals surface area contributed by atoms with Gasteiger partial charge in [0.1, 0.15) is 5.75 Å². The molecule has 0 aliphatic heterocycles. The molecule has 0 fully saturated rings. The van der Waals surface area contributed by atoms with Crippen LogP contribution in [0.4, 0.5) is 0 Å². The maximum atomic E-state index is 9.16. The van der Waals surface area contributed by atoms with Crippen molar-refractivity contribution >= 4 is 57.8 Å². The molecule has 10 heavy (non-hydrogen) atoms. The van der Waals surface area contributed by atoms with Crippen LogP contribution in [-0.4, -0.2) is 5.11 Å². The molecule has 1 nitrogen and oxygen atoms in total. The third kappa shape index (κ3) is 1.91. The molecule has 54 valence electrons. The maximum absolute atomic E-state index is 9.16. The van der Waals surface area contributed by atoms with Crippen LogP contribution in [0.15, 0.2) is 17.0 Å². The molecule has 0 aromatic heterocycles. The zero-order valence-electron chi connectivity index (χ0n) is 4.81. The van der Waals surface area contributed by atoms with Gasteiger partial charge in [-0.25, -0.2) is 0 Å². The number of halogens is 2. The number of hydrogen-bond acceptors (Lipinski definition) is 2. The lowest BCUT2D eigenvalue weighted by Gasteiger charge is -1.99. The summed E-state index contributed by atoms with van der Waals surface area (Å²) in [5.74, 6) is 0.297. The van der Waals surface area contributed by atoms with Crippen LogP contribution in [-0.2, 0) is 0 Å². The van der Waals surface area contributed by atoms with Crippen LogP contribution in [0.2, 0.25) is 0 Å². The molecule has 0 heterocycles. The van der Waals surface area contributed by atoms with Crippen LogP contribution >= 0.6 is 57.8 Å². The van der Waals surface area contributed by atoms with Crippen molar-refractivity contribution in [3.63, 3.8) is 0 Å². The summed E-state index contributed by atoms with van der Waals surface area (Å²) in [6.07, 6.45) is 0. The lowest BCUT2D eigenvalue weighted by atomic mass is 10.3. The first-order valence-corrected chi connectivity index (χ1v) is 5.08. The monoisotopic (exact) mass is 378 g/mol. The Hall–Kier alpha value is 0.830. The van der Waals surface area contributed by atoms with Crippen LogP contribution in [0, 0.1) is 7.14 Å². The Labute approximate surface area is 91.9 Å². The van der Waals surface area contributed by atoms with Crippen LogP contribution in [0.5, 0.6) is 5.75 Å². The number of hydrogen-bond donors (Lipinski definition) is 2. The molecule has 1 N–H and O–H groups in total. The number of rotatable bonds is 0. The van der Waals surface area contributed by atoms with Gasteiger partial charge in [0.15, 0.2) is 0 Å². The van der Waals surface area contributed by atoms with Crippen LogP contribution in [0.3, 0.4) is 0 Å². The molecular formula is C6H4I2OS. The fraction of sp³-hybridized carbons (Fsp3) is 0. The highest BCUT2D eigenvalue weighted by Gasteiger charge is 2.00. The van der Waals surface area contributed by atoms with E-state index in [-0.39, 0.29) is 0 Å². The molecule has 1 aromatic carbocycles. The van der Waals surface area contributed by atoms with E-state index in [2.05, 4.69) is 57.8 Å². The molecule has 0 bridgehead atoms. The quantitative estimate of drug-likeness (QED) is 0.526. The normalized spacial score (nSPS) is 9.90. The van der Waals surface area contributed by atoms with Gasteiger partial charge in [-0.05, 0) is 57.3 Å². The number of benzene rings is 1. The van der Waals surface area contributed by atoms with E-state index in [1.165, 1.54) is 0 Å². The fourth-order valence-corrected chi connectivity index (χ4v) is 2.24. The molecule has 4 heteroatoms. The number of thiol groups is 1. The van der Waals surface area contributed by atoms with Gasteiger partial charge in [-0.2, -0.15) is 0 Å². The Balaban J connectivity index is 3.28. The third-order valence-electron chi connectivity index (χ3n) is 1.02. The van der Waals surface area contributed by atoms with Crippen molar-refractivity contribution in [3.8, 4) is 5.75 Å². The molecule has 0 saturated carbocycles. The molecule has 0 amide bonds. The second-order valence-electron chi connectivity index (χ2n) is 1.76. The first-order chi connectivity index (χ1) is 4.61. The summed E-state index contributed by atoms with van der Waals surface area (Å²) in [5, 5.41) is 9.16. The molecule has 0 aliphatic rings. The Bertz CT molecular complexity index is 212. The number of aromatic hydroxyl groups is 1. The van der Waals surface area contributed by atoms with Gasteiger partial charge in [0, 0.05) is 8.47 Å². The van der Waals surface area contributed by atoms with Crippen molar-refractivity contribution in [1.82, 2.24) is 0 Å². The minimum Gasteiger partial charge on any atom is -0.507 e. The number of phenols is 1. The Morgan fingerprint density at radius 1 is 1.20 bits per heavy atom. The molecule has 0 saturated heterocycles. The van der Waals surface area contributed by atoms with Gasteiger partial charge < -0.3 is 5.11 Å². The van der Waals surface area contributed by atoms with E-state index in [9.17, 15) is 0 Å². The van der Waals surface area contributed by atoms with Gasteiger partial charge in [-0.3, -0.25) is 0 Å². The zero-order valence-corrected chi connectivity index (χ0v) is 10.0. The topological polar surface area (TPSA) is 20.2 Å². The first kappa shape index (κ1) is 8.92. The summed E-state index contributed by atoms with van der Waals surface area (Å²) >= 11 is 8.40. The van der Waals surface area contributed by atoms with Crippen LogP contribution < -0.4 is 0 Å². The highest BCUT2D eigenvalue weighted by Crippen LogP contribution is 2.26. The summed E-state index contributed by atoms with van der Waals surface area (Å²) in [6.45, 7) is 0. The summed E-state index contributed by atoms with van der Waals surface area (Å²) in [7, 11) is 0. The summed E-state index contributed by atoms with van der Waals surface area (Å²) in [4.78, 5) is 0.818. The van der Waals surface area contributed by atoms with E-state index in [1.807, 2.05) is 6.07 Å². The average Bonchev–Trinajstić information content (AvgIpc) is 1.84. The van der Waals surface area contributed by atoms with Crippen LogP contribution in [0.1, 0.15) is 0 Å². The van der Waals surface area contributed by atoms with E-state index in [4.69, 9.17) is 5.11 Å². The smallest absolute Gasteiger partial charge is 0.130 e. The molecule has 0 spiro atoms. The SMILES string of the molecule is Oc1cc(S)c(I)cc1I. The Morgan fingerprint density at radius 2 is 1.80 bits per heavy atom. The molecular weight excluding hydrogens is 374 g/mol. The molecule has 1 rings (SSSR count). The van der Waals surface area contributed by atoms with Gasteiger partial charge in [0.05, 0.1) is 3.57 Å². The predicted octanol–water partition coefficient (Wildman–Crippen LogP) is 2.89. The zero-order chi connectivity index (χ0) is 7.72. The Morgan fingerprint density at radius 3 is 2.30 bits per heavy atom. The predicted molar refractivity (Wildman–Crippen MR) is 60.8 cm³/mol. The lowest BCUT2D eigenvalue weighted by Crippen LogP contribution is -1.78. The van der Waals surface area contributed by atoms with Crippen molar-refractivity contribution in [1.29, 1.82) is 0 Å². The van der Waals surface area contributed by atoms with Crippen molar-refractivity contribution in [2.24, 2.45) is 0 Å². The highest BCUT2D eigenvalue weighted by molar-refractivity contribution is 14.1. The van der Waals surface area contributed by atoms with Crippen molar-refractivity contribution in [3.05, 3.63) is 19.3 Å². The minimum atomic E-state index is 0.297. The molecule has 0 radical (unpaired) electrons. The van der Waals surface area contributed by atoms with E-state index in [1.54, 1.807) is 6.07 Å². The molecule has 0 unspecified atom stereocenters. The van der Waals surface area contributed by atoms with E-state index >= 15 is 0 Å². The fourth-order valence-electron chi connectivity index (χ4n) is 0.527. The van der Waals surface area contributed by atoms with Gasteiger partial charge in [-0.15, -0.1) is 12.6 Å². The van der Waals surface area contributed by atoms with E-state index in [0.29, 0.717) is 5.75 Å². The van der Waals surface area contributed by atoms with Gasteiger partial charge in [0.25, 0.3) is 0 Å². The van der Waals surface area contributed by atoms with Gasteiger partial charge in [0.2, 0.25) is 0 Å². The van der Waals surface area contributed by atoms with E-state index < -0.39 is 0 Å². The maximum Gasteiger partial charge on any atom is 0.130 e. The van der Waals surface area contributed by atoms with Crippen LogP contribution in [0.25, 0.3) is 0 Å². The Kier molecular flexibility index (Phi) is 3.11. The first-order valence-electron chi connectivity index (χ1n) is 2.48. The molecule has 1 aromatic rings. The second-order valence-corrected chi connectivity index (χ2v) is 4.56. The van der Waals surface area contributed by atoms with Crippen molar-refractivity contribution in [2.45, 2.75) is 4.90 Å². The minimum absolute atomic E-state index is 0.297. The summed E-state index contributed by atoms with van der Waals surface area (Å²) in [5.41, 5.74) is 0.